The molecule has 0 aliphatic carbocycles. The lowest BCUT2D eigenvalue weighted by atomic mass is 9.85. The zero-order valence-corrected chi connectivity index (χ0v) is 17.3. The summed E-state index contributed by atoms with van der Waals surface area (Å²) in [5.41, 5.74) is -0.481. The topological polar surface area (TPSA) is 93.5 Å². The SMILES string of the molecule is CCC(=O)N(c1ccccc1)C1(C(=O)OCCCn2cnccc2=O)CCNCC1. The number of aryl methyl sites for hydroxylation is 1. The van der Waals surface area contributed by atoms with Crippen LogP contribution in [0.2, 0.25) is 0 Å². The molecular weight excluding hydrogens is 384 g/mol. The van der Waals surface area contributed by atoms with E-state index < -0.39 is 11.5 Å². The highest BCUT2D eigenvalue weighted by atomic mass is 16.5. The summed E-state index contributed by atoms with van der Waals surface area (Å²) in [5, 5.41) is 3.26. The van der Waals surface area contributed by atoms with Crippen LogP contribution in [0.5, 0.6) is 0 Å². The third kappa shape index (κ3) is 4.76. The number of para-hydroxylation sites is 1. The number of rotatable bonds is 8. The Kier molecular flexibility index (Phi) is 7.35. The summed E-state index contributed by atoms with van der Waals surface area (Å²) < 4.78 is 7.12. The van der Waals surface area contributed by atoms with Gasteiger partial charge in [0.2, 0.25) is 5.91 Å². The Balaban J connectivity index is 1.76. The molecule has 1 saturated heterocycles. The van der Waals surface area contributed by atoms with Gasteiger partial charge in [0.15, 0.2) is 0 Å². The molecule has 8 nitrogen and oxygen atoms in total. The van der Waals surface area contributed by atoms with E-state index in [9.17, 15) is 14.4 Å². The molecule has 1 aromatic heterocycles. The number of hydrogen-bond donors (Lipinski definition) is 1. The number of ether oxygens (including phenoxy) is 1. The van der Waals surface area contributed by atoms with Crippen molar-refractivity contribution in [2.45, 2.75) is 44.7 Å². The second-order valence-corrected chi connectivity index (χ2v) is 7.30. The van der Waals surface area contributed by atoms with Gasteiger partial charge >= 0.3 is 5.97 Å². The van der Waals surface area contributed by atoms with Crippen molar-refractivity contribution in [3.05, 3.63) is 59.3 Å². The summed E-state index contributed by atoms with van der Waals surface area (Å²) in [4.78, 5) is 43.6. The Morgan fingerprint density at radius 3 is 2.60 bits per heavy atom. The molecule has 0 radical (unpaired) electrons. The van der Waals surface area contributed by atoms with Gasteiger partial charge < -0.3 is 10.1 Å². The molecule has 1 N–H and O–H groups in total. The van der Waals surface area contributed by atoms with Crippen molar-refractivity contribution in [2.75, 3.05) is 24.6 Å². The molecular formula is C22H28N4O4. The number of piperidine rings is 1. The van der Waals surface area contributed by atoms with Crippen molar-refractivity contribution in [1.29, 1.82) is 0 Å². The predicted molar refractivity (Wildman–Crippen MR) is 113 cm³/mol. The van der Waals surface area contributed by atoms with Crippen LogP contribution in [0.25, 0.3) is 0 Å². The normalized spacial score (nSPS) is 15.4. The molecule has 1 aromatic carbocycles. The Bertz CT molecular complexity index is 907. The fourth-order valence-corrected chi connectivity index (χ4v) is 3.80. The summed E-state index contributed by atoms with van der Waals surface area (Å²) in [7, 11) is 0. The number of carbonyl (C=O) groups is 2. The van der Waals surface area contributed by atoms with Crippen molar-refractivity contribution in [1.82, 2.24) is 14.9 Å². The average molecular weight is 412 g/mol. The molecule has 2 heterocycles. The van der Waals surface area contributed by atoms with Gasteiger partial charge in [-0.25, -0.2) is 9.78 Å². The van der Waals surface area contributed by atoms with E-state index in [1.54, 1.807) is 11.8 Å². The van der Waals surface area contributed by atoms with E-state index in [2.05, 4.69) is 10.3 Å². The molecule has 1 aliphatic heterocycles. The van der Waals surface area contributed by atoms with E-state index >= 15 is 0 Å². The van der Waals surface area contributed by atoms with Gasteiger partial charge in [-0.15, -0.1) is 0 Å². The average Bonchev–Trinajstić information content (AvgIpc) is 2.79. The number of esters is 1. The third-order valence-electron chi connectivity index (χ3n) is 5.37. The van der Waals surface area contributed by atoms with Gasteiger partial charge in [-0.1, -0.05) is 25.1 Å². The van der Waals surface area contributed by atoms with Gasteiger partial charge in [-0.3, -0.25) is 19.1 Å². The highest BCUT2D eigenvalue weighted by Crippen LogP contribution is 2.33. The lowest BCUT2D eigenvalue weighted by molar-refractivity contribution is -0.153. The number of carbonyl (C=O) groups excluding carboxylic acids is 2. The summed E-state index contributed by atoms with van der Waals surface area (Å²) in [5.74, 6) is -0.504. The van der Waals surface area contributed by atoms with Crippen LogP contribution in [-0.2, 0) is 20.9 Å². The standard InChI is InChI=1S/C22H28N4O4/c1-2-19(27)26(18-7-4-3-5-8-18)22(10-13-23-14-11-22)21(29)30-16-6-15-25-17-24-12-9-20(25)28/h3-5,7-9,12,17,23H,2,6,10-11,13-16H2,1H3. The van der Waals surface area contributed by atoms with E-state index in [1.807, 2.05) is 30.3 Å². The van der Waals surface area contributed by atoms with Crippen LogP contribution >= 0.6 is 0 Å². The molecule has 30 heavy (non-hydrogen) atoms. The number of hydrogen-bond acceptors (Lipinski definition) is 6. The van der Waals surface area contributed by atoms with Crippen molar-refractivity contribution in [3.8, 4) is 0 Å². The van der Waals surface area contributed by atoms with E-state index in [-0.39, 0.29) is 18.1 Å². The maximum Gasteiger partial charge on any atom is 0.332 e. The molecule has 1 aliphatic rings. The zero-order chi connectivity index (χ0) is 21.4. The number of aromatic nitrogens is 2. The van der Waals surface area contributed by atoms with E-state index in [1.165, 1.54) is 23.2 Å². The Labute approximate surface area is 175 Å². The first kappa shape index (κ1) is 21.7. The number of anilines is 1. The summed E-state index contributed by atoms with van der Waals surface area (Å²) in [6.07, 6.45) is 4.65. The van der Waals surface area contributed by atoms with Crippen molar-refractivity contribution in [2.24, 2.45) is 0 Å². The summed E-state index contributed by atoms with van der Waals surface area (Å²) >= 11 is 0. The van der Waals surface area contributed by atoms with Crippen LogP contribution in [0.4, 0.5) is 5.69 Å². The van der Waals surface area contributed by atoms with Crippen molar-refractivity contribution in [3.63, 3.8) is 0 Å². The van der Waals surface area contributed by atoms with E-state index in [0.717, 1.165) is 0 Å². The van der Waals surface area contributed by atoms with Gasteiger partial charge in [-0.2, -0.15) is 0 Å². The third-order valence-corrected chi connectivity index (χ3v) is 5.37. The second-order valence-electron chi connectivity index (χ2n) is 7.30. The first-order chi connectivity index (χ1) is 14.6. The van der Waals surface area contributed by atoms with Crippen molar-refractivity contribution >= 4 is 17.6 Å². The second kappa shape index (κ2) is 10.2. The molecule has 0 bridgehead atoms. The van der Waals surface area contributed by atoms with Crippen LogP contribution in [0.15, 0.2) is 53.7 Å². The van der Waals surface area contributed by atoms with Crippen LogP contribution in [0.1, 0.15) is 32.6 Å². The number of nitrogens with one attached hydrogen (secondary N) is 1. The first-order valence-corrected chi connectivity index (χ1v) is 10.3. The van der Waals surface area contributed by atoms with Crippen molar-refractivity contribution < 1.29 is 14.3 Å². The number of amides is 1. The van der Waals surface area contributed by atoms with Gasteiger partial charge in [0.05, 0.1) is 12.9 Å². The van der Waals surface area contributed by atoms with Crippen LogP contribution in [-0.4, -0.2) is 46.7 Å². The van der Waals surface area contributed by atoms with Gasteiger partial charge in [0.25, 0.3) is 5.56 Å². The lowest BCUT2D eigenvalue weighted by Gasteiger charge is -2.44. The highest BCUT2D eigenvalue weighted by molar-refractivity contribution is 6.02. The predicted octanol–water partition coefficient (Wildman–Crippen LogP) is 1.74. The lowest BCUT2D eigenvalue weighted by Crippen LogP contribution is -2.62. The largest absolute Gasteiger partial charge is 0.464 e. The van der Waals surface area contributed by atoms with Gasteiger partial charge in [-0.05, 0) is 44.5 Å². The zero-order valence-electron chi connectivity index (χ0n) is 17.3. The molecule has 8 heteroatoms. The van der Waals surface area contributed by atoms with Crippen LogP contribution in [0.3, 0.4) is 0 Å². The Morgan fingerprint density at radius 2 is 1.93 bits per heavy atom. The molecule has 0 saturated carbocycles. The quantitative estimate of drug-likeness (QED) is 0.524. The molecule has 3 rings (SSSR count). The maximum absolute atomic E-state index is 13.3. The highest BCUT2D eigenvalue weighted by Gasteiger charge is 2.48. The minimum absolute atomic E-state index is 0.109. The van der Waals surface area contributed by atoms with Crippen LogP contribution in [0, 0.1) is 0 Å². The molecule has 2 aromatic rings. The minimum atomic E-state index is -1.04. The fourth-order valence-electron chi connectivity index (χ4n) is 3.80. The molecule has 0 unspecified atom stereocenters. The fraction of sp³-hybridized carbons (Fsp3) is 0.455. The monoisotopic (exact) mass is 412 g/mol. The molecule has 0 atom stereocenters. The number of nitrogens with zero attached hydrogens (tertiary/aromatic N) is 3. The maximum atomic E-state index is 13.3. The smallest absolute Gasteiger partial charge is 0.332 e. The summed E-state index contributed by atoms with van der Waals surface area (Å²) in [6.45, 7) is 3.62. The molecule has 1 fully saturated rings. The minimum Gasteiger partial charge on any atom is -0.464 e. The van der Waals surface area contributed by atoms with Gasteiger partial charge in [0.1, 0.15) is 5.54 Å². The van der Waals surface area contributed by atoms with E-state index in [0.29, 0.717) is 51.0 Å². The van der Waals surface area contributed by atoms with E-state index in [4.69, 9.17) is 4.74 Å². The molecule has 1 amide bonds. The van der Waals surface area contributed by atoms with Crippen LogP contribution < -0.4 is 15.8 Å². The first-order valence-electron chi connectivity index (χ1n) is 10.3. The summed E-state index contributed by atoms with van der Waals surface area (Å²) in [6, 6.07) is 10.7. The molecule has 0 spiro atoms. The molecule has 160 valence electrons. The number of benzene rings is 1. The Morgan fingerprint density at radius 1 is 1.20 bits per heavy atom. The van der Waals surface area contributed by atoms with Gasteiger partial charge in [0, 0.05) is 30.9 Å². The Hall–Kier alpha value is -3.00.